The van der Waals surface area contributed by atoms with Gasteiger partial charge in [0.2, 0.25) is 0 Å². The third kappa shape index (κ3) is 3.35. The Bertz CT molecular complexity index is 672. The van der Waals surface area contributed by atoms with Crippen molar-refractivity contribution in [1.82, 2.24) is 0 Å². The third-order valence-corrected chi connectivity index (χ3v) is 2.83. The molecule has 19 heavy (non-hydrogen) atoms. The smallest absolute Gasteiger partial charge is 0.335 e. The SMILES string of the molecule is CC(C)CC#Cc1ccc2cc(C(=O)O)ccc2c1. The molecule has 0 radical (unpaired) electrons. The average molecular weight is 252 g/mol. The summed E-state index contributed by atoms with van der Waals surface area (Å²) in [6.07, 6.45) is 0.885. The summed E-state index contributed by atoms with van der Waals surface area (Å²) in [5.74, 6) is 5.97. The molecule has 0 aliphatic rings. The van der Waals surface area contributed by atoms with Crippen LogP contribution < -0.4 is 0 Å². The standard InChI is InChI=1S/C17H16O2/c1-12(2)4-3-5-13-6-7-15-11-16(17(18)19)9-8-14(15)10-13/h6-12H,4H2,1-2H3,(H,18,19). The van der Waals surface area contributed by atoms with Gasteiger partial charge in [-0.3, -0.25) is 0 Å². The van der Waals surface area contributed by atoms with Gasteiger partial charge < -0.3 is 5.11 Å². The molecule has 0 atom stereocenters. The zero-order chi connectivity index (χ0) is 13.8. The number of carbonyl (C=O) groups is 1. The lowest BCUT2D eigenvalue weighted by atomic mass is 10.0. The number of aromatic carboxylic acids is 1. The van der Waals surface area contributed by atoms with Crippen LogP contribution in [-0.2, 0) is 0 Å². The van der Waals surface area contributed by atoms with Crippen molar-refractivity contribution in [3.63, 3.8) is 0 Å². The van der Waals surface area contributed by atoms with Crippen LogP contribution in [0.4, 0.5) is 0 Å². The van der Waals surface area contributed by atoms with Crippen molar-refractivity contribution >= 4 is 16.7 Å². The molecule has 0 aliphatic heterocycles. The summed E-state index contributed by atoms with van der Waals surface area (Å²) in [5.41, 5.74) is 1.28. The van der Waals surface area contributed by atoms with Gasteiger partial charge in [-0.25, -0.2) is 4.79 Å². The van der Waals surface area contributed by atoms with Gasteiger partial charge in [0.1, 0.15) is 0 Å². The maximum atomic E-state index is 10.9. The Kier molecular flexibility index (Phi) is 3.87. The second-order valence-corrected chi connectivity index (χ2v) is 4.98. The molecule has 0 amide bonds. The highest BCUT2D eigenvalue weighted by molar-refractivity contribution is 5.94. The average Bonchev–Trinajstić information content (AvgIpc) is 2.37. The first-order valence-corrected chi connectivity index (χ1v) is 6.32. The Labute approximate surface area is 113 Å². The monoisotopic (exact) mass is 252 g/mol. The second kappa shape index (κ2) is 5.58. The van der Waals surface area contributed by atoms with Crippen LogP contribution in [0.3, 0.4) is 0 Å². The summed E-state index contributed by atoms with van der Waals surface area (Å²) in [6.45, 7) is 4.28. The van der Waals surface area contributed by atoms with Gasteiger partial charge in [0, 0.05) is 12.0 Å². The lowest BCUT2D eigenvalue weighted by Crippen LogP contribution is -1.95. The Balaban J connectivity index is 2.33. The minimum absolute atomic E-state index is 0.311. The molecule has 96 valence electrons. The van der Waals surface area contributed by atoms with Crippen LogP contribution in [0.2, 0.25) is 0 Å². The van der Waals surface area contributed by atoms with Gasteiger partial charge in [-0.15, -0.1) is 0 Å². The van der Waals surface area contributed by atoms with Gasteiger partial charge in [-0.1, -0.05) is 37.8 Å². The first-order valence-electron chi connectivity index (χ1n) is 6.32. The molecule has 0 fully saturated rings. The summed E-state index contributed by atoms with van der Waals surface area (Å²) in [4.78, 5) is 10.9. The van der Waals surface area contributed by atoms with Gasteiger partial charge in [0.15, 0.2) is 0 Å². The third-order valence-electron chi connectivity index (χ3n) is 2.83. The molecule has 1 N–H and O–H groups in total. The number of carboxylic acids is 1. The van der Waals surface area contributed by atoms with E-state index >= 15 is 0 Å². The summed E-state index contributed by atoms with van der Waals surface area (Å²) < 4.78 is 0. The molecule has 0 aromatic heterocycles. The van der Waals surface area contributed by atoms with Gasteiger partial charge >= 0.3 is 5.97 Å². The molecular formula is C17H16O2. The van der Waals surface area contributed by atoms with Crippen LogP contribution in [0.25, 0.3) is 10.8 Å². The van der Waals surface area contributed by atoms with Crippen molar-refractivity contribution in [2.45, 2.75) is 20.3 Å². The highest BCUT2D eigenvalue weighted by atomic mass is 16.4. The van der Waals surface area contributed by atoms with Gasteiger partial charge in [-0.2, -0.15) is 0 Å². The zero-order valence-corrected chi connectivity index (χ0v) is 11.1. The fourth-order valence-corrected chi connectivity index (χ4v) is 1.81. The van der Waals surface area contributed by atoms with Gasteiger partial charge in [0.25, 0.3) is 0 Å². The Morgan fingerprint density at radius 2 is 1.84 bits per heavy atom. The molecule has 0 heterocycles. The van der Waals surface area contributed by atoms with E-state index in [0.717, 1.165) is 22.8 Å². The maximum absolute atomic E-state index is 10.9. The van der Waals surface area contributed by atoms with Crippen LogP contribution in [0.5, 0.6) is 0 Å². The normalized spacial score (nSPS) is 10.3. The van der Waals surface area contributed by atoms with Crippen LogP contribution in [0.15, 0.2) is 36.4 Å². The molecular weight excluding hydrogens is 236 g/mol. The number of hydrogen-bond acceptors (Lipinski definition) is 1. The second-order valence-electron chi connectivity index (χ2n) is 4.98. The molecule has 0 aliphatic carbocycles. The van der Waals surface area contributed by atoms with Gasteiger partial charge in [-0.05, 0) is 41.0 Å². The fraction of sp³-hybridized carbons (Fsp3) is 0.235. The topological polar surface area (TPSA) is 37.3 Å². The zero-order valence-electron chi connectivity index (χ0n) is 11.1. The Morgan fingerprint density at radius 1 is 1.16 bits per heavy atom. The molecule has 0 spiro atoms. The molecule has 2 heteroatoms. The lowest BCUT2D eigenvalue weighted by molar-refractivity contribution is 0.0697. The fourth-order valence-electron chi connectivity index (χ4n) is 1.81. The molecule has 2 rings (SSSR count). The minimum Gasteiger partial charge on any atom is -0.478 e. The van der Waals surface area contributed by atoms with Crippen molar-refractivity contribution in [1.29, 1.82) is 0 Å². The van der Waals surface area contributed by atoms with E-state index in [1.807, 2.05) is 24.3 Å². The van der Waals surface area contributed by atoms with Crippen molar-refractivity contribution in [2.24, 2.45) is 5.92 Å². The predicted molar refractivity (Wildman–Crippen MR) is 77.2 cm³/mol. The number of carboxylic acid groups (broad SMARTS) is 1. The Morgan fingerprint density at radius 3 is 2.53 bits per heavy atom. The lowest BCUT2D eigenvalue weighted by Gasteiger charge is -2.01. The number of hydrogen-bond donors (Lipinski definition) is 1. The molecule has 2 nitrogen and oxygen atoms in total. The van der Waals surface area contributed by atoms with E-state index in [0.29, 0.717) is 11.5 Å². The largest absolute Gasteiger partial charge is 0.478 e. The highest BCUT2D eigenvalue weighted by Gasteiger charge is 2.03. The van der Waals surface area contributed by atoms with Crippen LogP contribution >= 0.6 is 0 Å². The van der Waals surface area contributed by atoms with Crippen LogP contribution in [0, 0.1) is 17.8 Å². The highest BCUT2D eigenvalue weighted by Crippen LogP contribution is 2.17. The van der Waals surface area contributed by atoms with E-state index in [2.05, 4.69) is 25.7 Å². The quantitative estimate of drug-likeness (QED) is 0.822. The van der Waals surface area contributed by atoms with Crippen molar-refractivity contribution in [3.8, 4) is 11.8 Å². The number of benzene rings is 2. The van der Waals surface area contributed by atoms with E-state index in [1.165, 1.54) is 0 Å². The molecule has 0 bridgehead atoms. The molecule has 2 aromatic carbocycles. The first-order chi connectivity index (χ1) is 9.06. The van der Waals surface area contributed by atoms with E-state index in [-0.39, 0.29) is 0 Å². The summed E-state index contributed by atoms with van der Waals surface area (Å²) in [6, 6.07) is 11.0. The van der Waals surface area contributed by atoms with E-state index in [1.54, 1.807) is 12.1 Å². The summed E-state index contributed by atoms with van der Waals surface area (Å²) in [5, 5.41) is 10.9. The van der Waals surface area contributed by atoms with E-state index < -0.39 is 5.97 Å². The molecule has 0 saturated heterocycles. The number of fused-ring (bicyclic) bond motifs is 1. The molecule has 0 saturated carbocycles. The van der Waals surface area contributed by atoms with Gasteiger partial charge in [0.05, 0.1) is 5.56 Å². The van der Waals surface area contributed by atoms with Crippen molar-refractivity contribution < 1.29 is 9.90 Å². The molecule has 2 aromatic rings. The predicted octanol–water partition coefficient (Wildman–Crippen LogP) is 3.94. The molecule has 0 unspecified atom stereocenters. The Hall–Kier alpha value is -2.27. The summed E-state index contributed by atoms with van der Waals surface area (Å²) >= 11 is 0. The number of rotatable bonds is 2. The summed E-state index contributed by atoms with van der Waals surface area (Å²) in [7, 11) is 0. The first kappa shape index (κ1) is 13.2. The van der Waals surface area contributed by atoms with Crippen molar-refractivity contribution in [2.75, 3.05) is 0 Å². The van der Waals surface area contributed by atoms with E-state index in [4.69, 9.17) is 5.11 Å². The minimum atomic E-state index is -0.900. The van der Waals surface area contributed by atoms with Crippen LogP contribution in [-0.4, -0.2) is 11.1 Å². The van der Waals surface area contributed by atoms with Crippen molar-refractivity contribution in [3.05, 3.63) is 47.5 Å². The maximum Gasteiger partial charge on any atom is 0.335 e. The van der Waals surface area contributed by atoms with Crippen LogP contribution in [0.1, 0.15) is 36.2 Å². The van der Waals surface area contributed by atoms with E-state index in [9.17, 15) is 4.79 Å².